The fourth-order valence-electron chi connectivity index (χ4n) is 5.67. The van der Waals surface area contributed by atoms with Crippen LogP contribution in [-0.2, 0) is 0 Å². The summed E-state index contributed by atoms with van der Waals surface area (Å²) in [5.41, 5.74) is 13.4. The number of nitrogens with zero attached hydrogens (tertiary/aromatic N) is 1. The van der Waals surface area contributed by atoms with Crippen LogP contribution in [-0.4, -0.2) is 12.1 Å². The predicted molar refractivity (Wildman–Crippen MR) is 139 cm³/mol. The van der Waals surface area contributed by atoms with E-state index in [9.17, 15) is 0 Å². The van der Waals surface area contributed by atoms with Gasteiger partial charge in [0.15, 0.2) is 0 Å². The maximum absolute atomic E-state index is 6.74. The van der Waals surface area contributed by atoms with Gasteiger partial charge in [-0.05, 0) is 85.1 Å². The van der Waals surface area contributed by atoms with Gasteiger partial charge in [0.05, 0.1) is 0 Å². The lowest BCUT2D eigenvalue weighted by molar-refractivity contribution is 0.352. The molecule has 0 saturated heterocycles. The number of allylic oxidation sites excluding steroid dienone is 1. The molecular formula is C30H42N2. The van der Waals surface area contributed by atoms with Gasteiger partial charge in [-0.1, -0.05) is 76.6 Å². The second-order valence-corrected chi connectivity index (χ2v) is 10.8. The van der Waals surface area contributed by atoms with Crippen LogP contribution in [0, 0.1) is 11.8 Å². The van der Waals surface area contributed by atoms with Crippen molar-refractivity contribution in [2.24, 2.45) is 17.6 Å². The predicted octanol–water partition coefficient (Wildman–Crippen LogP) is 7.89. The molecule has 32 heavy (non-hydrogen) atoms. The second-order valence-electron chi connectivity index (χ2n) is 10.8. The summed E-state index contributed by atoms with van der Waals surface area (Å²) < 4.78 is 0. The normalized spacial score (nSPS) is 23.3. The molecule has 2 aromatic carbocycles. The highest BCUT2D eigenvalue weighted by Gasteiger charge is 2.36. The van der Waals surface area contributed by atoms with E-state index in [1.807, 2.05) is 0 Å². The van der Waals surface area contributed by atoms with Crippen molar-refractivity contribution >= 4 is 5.69 Å². The summed E-state index contributed by atoms with van der Waals surface area (Å²) in [6.07, 6.45) is 9.78. The van der Waals surface area contributed by atoms with Crippen LogP contribution >= 0.6 is 0 Å². The Balaban J connectivity index is 1.57. The first-order valence-electron chi connectivity index (χ1n) is 12.8. The van der Waals surface area contributed by atoms with Crippen molar-refractivity contribution in [2.45, 2.75) is 83.6 Å². The smallest absolute Gasteiger partial charge is 0.0414 e. The van der Waals surface area contributed by atoms with Gasteiger partial charge in [-0.15, -0.1) is 0 Å². The molecule has 0 aliphatic heterocycles. The van der Waals surface area contributed by atoms with Gasteiger partial charge < -0.3 is 10.6 Å². The molecule has 2 aliphatic carbocycles. The Kier molecular flexibility index (Phi) is 7.10. The lowest BCUT2D eigenvalue weighted by atomic mass is 9.82. The highest BCUT2D eigenvalue weighted by atomic mass is 15.1. The van der Waals surface area contributed by atoms with Crippen molar-refractivity contribution in [1.82, 2.24) is 0 Å². The lowest BCUT2D eigenvalue weighted by Gasteiger charge is -2.38. The minimum absolute atomic E-state index is 0.0445. The third-order valence-corrected chi connectivity index (χ3v) is 7.93. The fraction of sp³-hybridized carbons (Fsp3) is 0.533. The third-order valence-electron chi connectivity index (χ3n) is 7.93. The SMILES string of the molecule is C=C(C1CCC1)N(CC1CCC(N)(CCC)C1)c1cccc(-c2ccc(C(C)C)cc2)c1. The maximum Gasteiger partial charge on any atom is 0.0414 e. The molecule has 2 fully saturated rings. The molecule has 2 atom stereocenters. The summed E-state index contributed by atoms with van der Waals surface area (Å²) >= 11 is 0. The van der Waals surface area contributed by atoms with Gasteiger partial charge in [0.1, 0.15) is 0 Å². The number of benzene rings is 2. The summed E-state index contributed by atoms with van der Waals surface area (Å²) in [5, 5.41) is 0. The number of anilines is 1. The van der Waals surface area contributed by atoms with Gasteiger partial charge in [0.2, 0.25) is 0 Å². The first-order valence-corrected chi connectivity index (χ1v) is 12.8. The van der Waals surface area contributed by atoms with Crippen molar-refractivity contribution in [3.63, 3.8) is 0 Å². The summed E-state index contributed by atoms with van der Waals surface area (Å²) in [7, 11) is 0. The molecule has 0 bridgehead atoms. The molecule has 2 nitrogen and oxygen atoms in total. The molecule has 0 amide bonds. The molecule has 0 heterocycles. The fourth-order valence-corrected chi connectivity index (χ4v) is 5.67. The molecule has 2 aliphatic rings. The number of hydrogen-bond donors (Lipinski definition) is 1. The summed E-state index contributed by atoms with van der Waals surface area (Å²) in [6.45, 7) is 12.4. The van der Waals surface area contributed by atoms with E-state index in [0.29, 0.717) is 17.8 Å². The van der Waals surface area contributed by atoms with Crippen molar-refractivity contribution in [3.05, 3.63) is 66.4 Å². The second kappa shape index (κ2) is 9.83. The Hall–Kier alpha value is -2.06. The van der Waals surface area contributed by atoms with E-state index in [1.54, 1.807) is 0 Å². The van der Waals surface area contributed by atoms with Crippen LogP contribution in [0.4, 0.5) is 5.69 Å². The molecule has 0 spiro atoms. The van der Waals surface area contributed by atoms with Crippen LogP contribution in [0.1, 0.15) is 83.6 Å². The molecule has 0 aromatic heterocycles. The van der Waals surface area contributed by atoms with Gasteiger partial charge in [-0.3, -0.25) is 0 Å². The monoisotopic (exact) mass is 430 g/mol. The van der Waals surface area contributed by atoms with Gasteiger partial charge in [-0.25, -0.2) is 0 Å². The Morgan fingerprint density at radius 1 is 1.09 bits per heavy atom. The molecule has 2 heteroatoms. The molecule has 172 valence electrons. The van der Waals surface area contributed by atoms with Crippen molar-refractivity contribution in [3.8, 4) is 11.1 Å². The average molecular weight is 431 g/mol. The molecule has 2 N–H and O–H groups in total. The minimum Gasteiger partial charge on any atom is -0.345 e. The summed E-state index contributed by atoms with van der Waals surface area (Å²) in [4.78, 5) is 2.54. The first-order chi connectivity index (χ1) is 15.4. The highest BCUT2D eigenvalue weighted by Crippen LogP contribution is 2.41. The van der Waals surface area contributed by atoms with E-state index >= 15 is 0 Å². The number of hydrogen-bond acceptors (Lipinski definition) is 2. The highest BCUT2D eigenvalue weighted by molar-refractivity contribution is 5.70. The standard InChI is InChI=1S/C30H42N2/c1-5-17-30(31)18-16-24(20-30)21-32(23(4)26-8-6-9-26)29-11-7-10-28(19-29)27-14-12-25(13-15-27)22(2)3/h7,10-15,19,22,24,26H,4-6,8-9,16-18,20-21,31H2,1-3H3. The third kappa shape index (κ3) is 5.12. The Labute approximate surface area is 195 Å². The largest absolute Gasteiger partial charge is 0.345 e. The van der Waals surface area contributed by atoms with E-state index < -0.39 is 0 Å². The van der Waals surface area contributed by atoms with Gasteiger partial charge in [-0.2, -0.15) is 0 Å². The molecule has 2 aromatic rings. The molecule has 2 saturated carbocycles. The van der Waals surface area contributed by atoms with E-state index in [2.05, 4.69) is 80.8 Å². The van der Waals surface area contributed by atoms with E-state index in [1.165, 1.54) is 60.2 Å². The topological polar surface area (TPSA) is 29.3 Å². The molecule has 0 radical (unpaired) electrons. The molecule has 2 unspecified atom stereocenters. The van der Waals surface area contributed by atoms with E-state index in [-0.39, 0.29) is 5.54 Å². The summed E-state index contributed by atoms with van der Waals surface area (Å²) in [5.74, 6) is 1.85. The van der Waals surface area contributed by atoms with Crippen LogP contribution in [0.25, 0.3) is 11.1 Å². The van der Waals surface area contributed by atoms with Crippen molar-refractivity contribution < 1.29 is 0 Å². The zero-order chi connectivity index (χ0) is 22.7. The lowest BCUT2D eigenvalue weighted by Crippen LogP contribution is -2.38. The Morgan fingerprint density at radius 2 is 1.84 bits per heavy atom. The zero-order valence-electron chi connectivity index (χ0n) is 20.4. The Morgan fingerprint density at radius 3 is 2.47 bits per heavy atom. The minimum atomic E-state index is 0.0445. The van der Waals surface area contributed by atoms with E-state index in [0.717, 1.165) is 25.8 Å². The van der Waals surface area contributed by atoms with Gasteiger partial charge >= 0.3 is 0 Å². The van der Waals surface area contributed by atoms with Crippen LogP contribution in [0.2, 0.25) is 0 Å². The van der Waals surface area contributed by atoms with Crippen LogP contribution in [0.15, 0.2) is 60.8 Å². The van der Waals surface area contributed by atoms with Crippen molar-refractivity contribution in [2.75, 3.05) is 11.4 Å². The zero-order valence-corrected chi connectivity index (χ0v) is 20.4. The number of nitrogens with two attached hydrogens (primary N) is 1. The molecule has 4 rings (SSSR count). The first kappa shape index (κ1) is 23.1. The van der Waals surface area contributed by atoms with E-state index in [4.69, 9.17) is 5.73 Å². The Bertz CT molecular complexity index is 909. The van der Waals surface area contributed by atoms with Crippen LogP contribution in [0.3, 0.4) is 0 Å². The maximum atomic E-state index is 6.74. The quantitative estimate of drug-likeness (QED) is 0.438. The van der Waals surface area contributed by atoms with Crippen molar-refractivity contribution in [1.29, 1.82) is 0 Å². The average Bonchev–Trinajstić information content (AvgIpc) is 3.11. The van der Waals surface area contributed by atoms with Crippen LogP contribution < -0.4 is 10.6 Å². The van der Waals surface area contributed by atoms with Crippen LogP contribution in [0.5, 0.6) is 0 Å². The van der Waals surface area contributed by atoms with Gasteiger partial charge in [0.25, 0.3) is 0 Å². The van der Waals surface area contributed by atoms with Gasteiger partial charge in [0, 0.05) is 23.5 Å². The number of rotatable bonds is 9. The molecular weight excluding hydrogens is 388 g/mol. The summed E-state index contributed by atoms with van der Waals surface area (Å²) in [6, 6.07) is 18.2.